The van der Waals surface area contributed by atoms with Gasteiger partial charge in [-0.2, -0.15) is 0 Å². The van der Waals surface area contributed by atoms with Gasteiger partial charge in [0.15, 0.2) is 5.82 Å². The van der Waals surface area contributed by atoms with Gasteiger partial charge in [-0.15, -0.1) is 5.10 Å². The van der Waals surface area contributed by atoms with Gasteiger partial charge in [0.25, 0.3) is 0 Å². The third-order valence-corrected chi connectivity index (χ3v) is 3.72. The zero-order valence-corrected chi connectivity index (χ0v) is 13.4. The SMILES string of the molecule is CN(C=O)c1ccc(-c2cc(NC=O)nn2-c2ccc(F)cc2)cc1. The number of carbonyl (C=O) groups is 2. The van der Waals surface area contributed by atoms with E-state index in [2.05, 4.69) is 10.4 Å². The minimum atomic E-state index is -0.343. The Morgan fingerprint density at radius 2 is 1.76 bits per heavy atom. The summed E-state index contributed by atoms with van der Waals surface area (Å²) in [4.78, 5) is 23.0. The van der Waals surface area contributed by atoms with Crippen LogP contribution in [0.3, 0.4) is 0 Å². The molecular weight excluding hydrogens is 323 g/mol. The van der Waals surface area contributed by atoms with Gasteiger partial charge in [0, 0.05) is 24.4 Å². The molecule has 1 N–H and O–H groups in total. The van der Waals surface area contributed by atoms with Gasteiger partial charge >= 0.3 is 0 Å². The Bertz CT molecular complexity index is 888. The first-order chi connectivity index (χ1) is 12.1. The molecule has 0 spiro atoms. The third-order valence-electron chi connectivity index (χ3n) is 3.72. The topological polar surface area (TPSA) is 67.2 Å². The van der Waals surface area contributed by atoms with E-state index < -0.39 is 0 Å². The van der Waals surface area contributed by atoms with Gasteiger partial charge < -0.3 is 10.2 Å². The lowest BCUT2D eigenvalue weighted by Crippen LogP contribution is -2.13. The molecule has 0 fully saturated rings. The minimum absolute atomic E-state index is 0.343. The van der Waals surface area contributed by atoms with E-state index in [0.717, 1.165) is 23.4 Å². The molecule has 0 unspecified atom stereocenters. The van der Waals surface area contributed by atoms with Crippen LogP contribution in [0.2, 0.25) is 0 Å². The molecule has 2 amide bonds. The van der Waals surface area contributed by atoms with Crippen LogP contribution in [-0.4, -0.2) is 29.6 Å². The molecule has 126 valence electrons. The summed E-state index contributed by atoms with van der Waals surface area (Å²) >= 11 is 0. The summed E-state index contributed by atoms with van der Waals surface area (Å²) in [6, 6.07) is 14.9. The van der Waals surface area contributed by atoms with E-state index in [9.17, 15) is 14.0 Å². The number of amides is 2. The summed E-state index contributed by atoms with van der Waals surface area (Å²) in [5.41, 5.74) is 2.96. The molecule has 0 aliphatic heterocycles. The third kappa shape index (κ3) is 3.40. The van der Waals surface area contributed by atoms with Crippen molar-refractivity contribution < 1.29 is 14.0 Å². The summed E-state index contributed by atoms with van der Waals surface area (Å²) in [6.07, 6.45) is 1.27. The highest BCUT2D eigenvalue weighted by Gasteiger charge is 2.12. The number of carbonyl (C=O) groups excluding carboxylic acids is 2. The monoisotopic (exact) mass is 338 g/mol. The molecule has 25 heavy (non-hydrogen) atoms. The Balaban J connectivity index is 2.06. The fraction of sp³-hybridized carbons (Fsp3) is 0.0556. The van der Waals surface area contributed by atoms with Crippen molar-refractivity contribution in [2.45, 2.75) is 0 Å². The van der Waals surface area contributed by atoms with Gasteiger partial charge in [-0.3, -0.25) is 9.59 Å². The van der Waals surface area contributed by atoms with Crippen molar-refractivity contribution >= 4 is 24.3 Å². The van der Waals surface area contributed by atoms with Crippen LogP contribution in [0.4, 0.5) is 15.9 Å². The largest absolute Gasteiger partial charge is 0.318 e. The molecule has 6 nitrogen and oxygen atoms in total. The predicted molar refractivity (Wildman–Crippen MR) is 93.1 cm³/mol. The molecule has 0 aliphatic carbocycles. The molecule has 3 aromatic rings. The molecule has 7 heteroatoms. The van der Waals surface area contributed by atoms with Crippen molar-refractivity contribution in [3.05, 3.63) is 60.4 Å². The van der Waals surface area contributed by atoms with E-state index in [-0.39, 0.29) is 5.82 Å². The summed E-state index contributed by atoms with van der Waals surface area (Å²) in [5.74, 6) is 0.0355. The zero-order chi connectivity index (χ0) is 17.8. The van der Waals surface area contributed by atoms with Crippen molar-refractivity contribution in [3.63, 3.8) is 0 Å². The lowest BCUT2D eigenvalue weighted by Gasteiger charge is -2.12. The number of hydrogen-bond donors (Lipinski definition) is 1. The molecule has 2 aromatic carbocycles. The van der Waals surface area contributed by atoms with Crippen molar-refractivity contribution in [2.24, 2.45) is 0 Å². The quantitative estimate of drug-likeness (QED) is 0.703. The second-order valence-corrected chi connectivity index (χ2v) is 5.33. The summed E-state index contributed by atoms with van der Waals surface area (Å²) in [7, 11) is 1.66. The number of nitrogens with zero attached hydrogens (tertiary/aromatic N) is 3. The number of rotatable bonds is 6. The molecule has 3 rings (SSSR count). The van der Waals surface area contributed by atoms with Gasteiger partial charge in [0.05, 0.1) is 11.4 Å². The van der Waals surface area contributed by atoms with E-state index >= 15 is 0 Å². The van der Waals surface area contributed by atoms with Gasteiger partial charge in [-0.05, 0) is 36.4 Å². The van der Waals surface area contributed by atoms with E-state index in [1.54, 1.807) is 42.1 Å². The van der Waals surface area contributed by atoms with Crippen LogP contribution in [0.15, 0.2) is 54.6 Å². The Morgan fingerprint density at radius 3 is 2.36 bits per heavy atom. The van der Waals surface area contributed by atoms with Crippen molar-refractivity contribution in [1.82, 2.24) is 9.78 Å². The van der Waals surface area contributed by atoms with E-state index in [1.807, 2.05) is 12.1 Å². The number of hydrogen-bond acceptors (Lipinski definition) is 3. The molecule has 0 atom stereocenters. The maximum absolute atomic E-state index is 13.2. The van der Waals surface area contributed by atoms with Gasteiger partial charge in [0.2, 0.25) is 12.8 Å². The molecule has 1 aromatic heterocycles. The Morgan fingerprint density at radius 1 is 1.08 bits per heavy atom. The Hall–Kier alpha value is -3.48. The first-order valence-electron chi connectivity index (χ1n) is 7.47. The fourth-order valence-electron chi connectivity index (χ4n) is 2.42. The maximum Gasteiger partial charge on any atom is 0.213 e. The van der Waals surface area contributed by atoms with Crippen LogP contribution in [0.25, 0.3) is 16.9 Å². The molecule has 0 bridgehead atoms. The molecule has 0 saturated carbocycles. The Labute approximate surface area is 143 Å². The average molecular weight is 338 g/mol. The lowest BCUT2D eigenvalue weighted by atomic mass is 10.1. The van der Waals surface area contributed by atoms with E-state index in [4.69, 9.17) is 0 Å². The standard InChI is InChI=1S/C18H15FN4O2/c1-22(12-25)15-6-2-13(3-7-15)17-10-18(20-11-24)21-23(17)16-8-4-14(19)5-9-16/h2-12H,1H3,(H,20,21,24). The highest BCUT2D eigenvalue weighted by atomic mass is 19.1. The smallest absolute Gasteiger partial charge is 0.213 e. The first kappa shape index (κ1) is 16.4. The Kier molecular flexibility index (Phi) is 4.56. The van der Waals surface area contributed by atoms with Crippen LogP contribution in [0.5, 0.6) is 0 Å². The predicted octanol–water partition coefficient (Wildman–Crippen LogP) is 2.84. The van der Waals surface area contributed by atoms with Crippen LogP contribution in [0.1, 0.15) is 0 Å². The molecule has 0 saturated heterocycles. The average Bonchev–Trinajstić information content (AvgIpc) is 3.06. The first-order valence-corrected chi connectivity index (χ1v) is 7.47. The number of halogens is 1. The van der Waals surface area contributed by atoms with Gasteiger partial charge in [-0.25, -0.2) is 9.07 Å². The zero-order valence-electron chi connectivity index (χ0n) is 13.4. The minimum Gasteiger partial charge on any atom is -0.318 e. The van der Waals surface area contributed by atoms with Crippen molar-refractivity contribution in [3.8, 4) is 16.9 Å². The van der Waals surface area contributed by atoms with E-state index in [1.165, 1.54) is 17.0 Å². The fourth-order valence-corrected chi connectivity index (χ4v) is 2.42. The summed E-state index contributed by atoms with van der Waals surface area (Å²) < 4.78 is 14.8. The van der Waals surface area contributed by atoms with E-state index in [0.29, 0.717) is 17.9 Å². The second-order valence-electron chi connectivity index (χ2n) is 5.33. The number of nitrogens with one attached hydrogen (secondary N) is 1. The maximum atomic E-state index is 13.2. The number of anilines is 2. The van der Waals surface area contributed by atoms with Gasteiger partial charge in [0.1, 0.15) is 5.82 Å². The molecule has 0 aliphatic rings. The van der Waals surface area contributed by atoms with Crippen LogP contribution >= 0.6 is 0 Å². The highest BCUT2D eigenvalue weighted by Crippen LogP contribution is 2.27. The van der Waals surface area contributed by atoms with Crippen molar-refractivity contribution in [2.75, 3.05) is 17.3 Å². The summed E-state index contributed by atoms with van der Waals surface area (Å²) in [6.45, 7) is 0. The number of benzene rings is 2. The highest BCUT2D eigenvalue weighted by molar-refractivity contribution is 5.77. The second kappa shape index (κ2) is 6.96. The number of aromatic nitrogens is 2. The molecule has 1 heterocycles. The molecular formula is C18H15FN4O2. The van der Waals surface area contributed by atoms with Gasteiger partial charge in [-0.1, -0.05) is 12.1 Å². The van der Waals surface area contributed by atoms with Crippen LogP contribution in [-0.2, 0) is 9.59 Å². The van der Waals surface area contributed by atoms with Crippen molar-refractivity contribution in [1.29, 1.82) is 0 Å². The van der Waals surface area contributed by atoms with Crippen LogP contribution in [0, 0.1) is 5.82 Å². The summed E-state index contributed by atoms with van der Waals surface area (Å²) in [5, 5.41) is 6.85. The molecule has 0 radical (unpaired) electrons. The lowest BCUT2D eigenvalue weighted by molar-refractivity contribution is -0.107. The van der Waals surface area contributed by atoms with Crippen LogP contribution < -0.4 is 10.2 Å². The normalized spacial score (nSPS) is 10.3.